The molecule has 2 aliphatic rings. The molecule has 11 nitrogen and oxygen atoms in total. The summed E-state index contributed by atoms with van der Waals surface area (Å²) in [7, 11) is 3.18. The van der Waals surface area contributed by atoms with Gasteiger partial charge in [0.1, 0.15) is 6.04 Å². The standard InChI is InChI=1S/C29H35N7O4/c1-38-25-14-20-13-23(29(37)31-24(20)15-26(25)39-2)27(28-32-33-34-36(28)21-8-3-4-9-21)35(18-22-10-6-12-40-22)17-19-7-5-11-30-16-19/h5,7,11,13-16,21-22,27H,3-4,6,8-10,12,17-18H2,1-2H3,(H,31,37). The molecule has 0 radical (unpaired) electrons. The first-order chi connectivity index (χ1) is 19.6. The third-order valence-electron chi connectivity index (χ3n) is 8.04. The molecule has 0 spiro atoms. The first-order valence-corrected chi connectivity index (χ1v) is 14.0. The molecular formula is C29H35N7O4. The molecule has 1 aromatic carbocycles. The zero-order chi connectivity index (χ0) is 27.5. The maximum atomic E-state index is 13.9. The highest BCUT2D eigenvalue weighted by molar-refractivity contribution is 5.83. The Morgan fingerprint density at radius 3 is 2.67 bits per heavy atom. The molecule has 1 N–H and O–H groups in total. The van der Waals surface area contributed by atoms with E-state index in [1.54, 1.807) is 26.5 Å². The number of fused-ring (bicyclic) bond motifs is 1. The number of ether oxygens (including phenoxy) is 3. The van der Waals surface area contributed by atoms with Gasteiger partial charge in [0, 0.05) is 49.1 Å². The van der Waals surface area contributed by atoms with Crippen LogP contribution in [0.4, 0.5) is 0 Å². The lowest BCUT2D eigenvalue weighted by molar-refractivity contribution is 0.0569. The van der Waals surface area contributed by atoms with Crippen LogP contribution in [0, 0.1) is 0 Å². The number of methoxy groups -OCH3 is 2. The number of hydrogen-bond acceptors (Lipinski definition) is 9. The number of tetrazole rings is 1. The van der Waals surface area contributed by atoms with Crippen LogP contribution < -0.4 is 15.0 Å². The van der Waals surface area contributed by atoms with Crippen molar-refractivity contribution in [2.75, 3.05) is 27.4 Å². The van der Waals surface area contributed by atoms with Crippen LogP contribution in [-0.2, 0) is 11.3 Å². The first-order valence-electron chi connectivity index (χ1n) is 14.0. The Morgan fingerprint density at radius 1 is 1.12 bits per heavy atom. The molecule has 1 saturated heterocycles. The van der Waals surface area contributed by atoms with Crippen molar-refractivity contribution in [1.82, 2.24) is 35.1 Å². The summed E-state index contributed by atoms with van der Waals surface area (Å²) in [4.78, 5) is 23.6. The predicted molar refractivity (Wildman–Crippen MR) is 148 cm³/mol. The lowest BCUT2D eigenvalue weighted by Crippen LogP contribution is -2.39. The highest BCUT2D eigenvalue weighted by Gasteiger charge is 2.35. The summed E-state index contributed by atoms with van der Waals surface area (Å²) in [5, 5.41) is 14.0. The minimum absolute atomic E-state index is 0.0545. The number of benzene rings is 1. The molecular weight excluding hydrogens is 510 g/mol. The van der Waals surface area contributed by atoms with E-state index in [-0.39, 0.29) is 17.7 Å². The Morgan fingerprint density at radius 2 is 1.95 bits per heavy atom. The average Bonchev–Trinajstić information content (AvgIpc) is 3.77. The maximum absolute atomic E-state index is 13.9. The highest BCUT2D eigenvalue weighted by Crippen LogP contribution is 2.36. The summed E-state index contributed by atoms with van der Waals surface area (Å²) in [6, 6.07) is 9.28. The Balaban J connectivity index is 1.52. The summed E-state index contributed by atoms with van der Waals surface area (Å²) in [6.45, 7) is 1.92. The molecule has 210 valence electrons. The Kier molecular flexibility index (Phi) is 7.74. The molecule has 1 aliphatic heterocycles. The molecule has 6 rings (SSSR count). The molecule has 2 fully saturated rings. The van der Waals surface area contributed by atoms with E-state index in [0.717, 1.165) is 56.1 Å². The van der Waals surface area contributed by atoms with Gasteiger partial charge < -0.3 is 19.2 Å². The van der Waals surface area contributed by atoms with Crippen LogP contribution in [0.25, 0.3) is 10.9 Å². The second kappa shape index (κ2) is 11.7. The molecule has 4 aromatic rings. The van der Waals surface area contributed by atoms with Crippen LogP contribution in [0.5, 0.6) is 11.5 Å². The summed E-state index contributed by atoms with van der Waals surface area (Å²) in [5.74, 6) is 1.81. The van der Waals surface area contributed by atoms with Gasteiger partial charge in [0.05, 0.1) is 31.9 Å². The minimum Gasteiger partial charge on any atom is -0.493 e. The number of nitrogens with one attached hydrogen (secondary N) is 1. The molecule has 0 amide bonds. The van der Waals surface area contributed by atoms with Gasteiger partial charge in [-0.3, -0.25) is 14.7 Å². The summed E-state index contributed by atoms with van der Waals surface area (Å²) in [5.41, 5.74) is 2.07. The molecule has 2 unspecified atom stereocenters. The molecule has 2 atom stereocenters. The molecule has 4 heterocycles. The maximum Gasteiger partial charge on any atom is 0.253 e. The molecule has 11 heteroatoms. The van der Waals surface area contributed by atoms with Gasteiger partial charge in [-0.2, -0.15) is 0 Å². The minimum atomic E-state index is -0.513. The quantitative estimate of drug-likeness (QED) is 0.317. The normalized spacial score (nSPS) is 18.5. The topological polar surface area (TPSA) is 120 Å². The van der Waals surface area contributed by atoms with E-state index in [2.05, 4.69) is 30.4 Å². The van der Waals surface area contributed by atoms with Crippen molar-refractivity contribution < 1.29 is 14.2 Å². The van der Waals surface area contributed by atoms with Crippen LogP contribution in [-0.4, -0.2) is 68.6 Å². The van der Waals surface area contributed by atoms with Crippen molar-refractivity contribution in [3.63, 3.8) is 0 Å². The Bertz CT molecular complexity index is 1490. The fraction of sp³-hybridized carbons (Fsp3) is 0.483. The summed E-state index contributed by atoms with van der Waals surface area (Å²) < 4.78 is 19.1. The van der Waals surface area contributed by atoms with E-state index in [4.69, 9.17) is 14.2 Å². The smallest absolute Gasteiger partial charge is 0.253 e. The second-order valence-corrected chi connectivity index (χ2v) is 10.6. The van der Waals surface area contributed by atoms with Crippen molar-refractivity contribution in [2.24, 2.45) is 0 Å². The average molecular weight is 546 g/mol. The Hall–Kier alpha value is -3.83. The summed E-state index contributed by atoms with van der Waals surface area (Å²) >= 11 is 0. The highest BCUT2D eigenvalue weighted by atomic mass is 16.5. The van der Waals surface area contributed by atoms with Gasteiger partial charge in [-0.1, -0.05) is 18.9 Å². The van der Waals surface area contributed by atoms with Crippen LogP contribution in [0.2, 0.25) is 0 Å². The molecule has 3 aromatic heterocycles. The van der Waals surface area contributed by atoms with Gasteiger partial charge in [-0.25, -0.2) is 4.68 Å². The molecule has 1 saturated carbocycles. The summed E-state index contributed by atoms with van der Waals surface area (Å²) in [6.07, 6.45) is 9.99. The second-order valence-electron chi connectivity index (χ2n) is 10.6. The molecule has 40 heavy (non-hydrogen) atoms. The third-order valence-corrected chi connectivity index (χ3v) is 8.04. The fourth-order valence-electron chi connectivity index (χ4n) is 6.08. The number of aromatic amines is 1. The van der Waals surface area contributed by atoms with Crippen LogP contribution in [0.3, 0.4) is 0 Å². The fourth-order valence-corrected chi connectivity index (χ4v) is 6.08. The van der Waals surface area contributed by atoms with Gasteiger partial charge in [-0.15, -0.1) is 5.10 Å². The van der Waals surface area contributed by atoms with Crippen molar-refractivity contribution >= 4 is 10.9 Å². The molecule has 0 bridgehead atoms. The predicted octanol–water partition coefficient (Wildman–Crippen LogP) is 3.81. The van der Waals surface area contributed by atoms with E-state index in [9.17, 15) is 4.79 Å². The van der Waals surface area contributed by atoms with Gasteiger partial charge in [0.25, 0.3) is 5.56 Å². The number of pyridine rings is 2. The van der Waals surface area contributed by atoms with E-state index in [1.807, 2.05) is 35.1 Å². The van der Waals surface area contributed by atoms with E-state index in [0.29, 0.717) is 41.5 Å². The van der Waals surface area contributed by atoms with Crippen LogP contribution in [0.15, 0.2) is 47.5 Å². The number of rotatable bonds is 10. The van der Waals surface area contributed by atoms with E-state index < -0.39 is 6.04 Å². The molecule has 1 aliphatic carbocycles. The SMILES string of the molecule is COc1cc2cc(C(c3nnnn3C3CCCC3)N(Cc3cccnc3)CC3CCCO3)c(=O)[nH]c2cc1OC. The van der Waals surface area contributed by atoms with Crippen molar-refractivity contribution in [1.29, 1.82) is 0 Å². The lowest BCUT2D eigenvalue weighted by Gasteiger charge is -2.33. The van der Waals surface area contributed by atoms with E-state index in [1.165, 1.54) is 0 Å². The first kappa shape index (κ1) is 26.4. The van der Waals surface area contributed by atoms with E-state index >= 15 is 0 Å². The zero-order valence-electron chi connectivity index (χ0n) is 23.0. The monoisotopic (exact) mass is 545 g/mol. The zero-order valence-corrected chi connectivity index (χ0v) is 23.0. The van der Waals surface area contributed by atoms with Gasteiger partial charge in [0.15, 0.2) is 17.3 Å². The van der Waals surface area contributed by atoms with Crippen molar-refractivity contribution in [2.45, 2.75) is 63.3 Å². The van der Waals surface area contributed by atoms with Gasteiger partial charge in [0.2, 0.25) is 0 Å². The number of aromatic nitrogens is 6. The third kappa shape index (κ3) is 5.31. The van der Waals surface area contributed by atoms with Crippen molar-refractivity contribution in [3.8, 4) is 11.5 Å². The van der Waals surface area contributed by atoms with Gasteiger partial charge in [-0.05, 0) is 59.9 Å². The lowest BCUT2D eigenvalue weighted by atomic mass is 10.0. The van der Waals surface area contributed by atoms with Crippen LogP contribution >= 0.6 is 0 Å². The number of hydrogen-bond donors (Lipinski definition) is 1. The van der Waals surface area contributed by atoms with Gasteiger partial charge >= 0.3 is 0 Å². The Labute approximate surface area is 232 Å². The largest absolute Gasteiger partial charge is 0.493 e. The van der Waals surface area contributed by atoms with Crippen LogP contribution in [0.1, 0.15) is 67.6 Å². The van der Waals surface area contributed by atoms with Crippen molar-refractivity contribution in [3.05, 3.63) is 70.0 Å². The number of nitrogens with zero attached hydrogens (tertiary/aromatic N) is 6. The number of H-pyrrole nitrogens is 1.